The van der Waals surface area contributed by atoms with E-state index in [0.717, 1.165) is 18.0 Å². The first-order valence-corrected chi connectivity index (χ1v) is 10.2. The molecule has 2 heterocycles. The fourth-order valence-corrected chi connectivity index (χ4v) is 3.90. The van der Waals surface area contributed by atoms with Crippen molar-refractivity contribution in [3.8, 4) is 0 Å². The van der Waals surface area contributed by atoms with E-state index in [1.54, 1.807) is 18.2 Å². The van der Waals surface area contributed by atoms with Gasteiger partial charge in [0.1, 0.15) is 5.57 Å². The number of nitrogens with zero attached hydrogens (tertiary/aromatic N) is 3. The van der Waals surface area contributed by atoms with Crippen LogP contribution in [0.2, 0.25) is 5.02 Å². The van der Waals surface area contributed by atoms with E-state index in [1.807, 2.05) is 4.90 Å². The minimum atomic E-state index is -0.898. The molecule has 0 bridgehead atoms. The third-order valence-corrected chi connectivity index (χ3v) is 5.47. The molecule has 0 atom stereocenters. The van der Waals surface area contributed by atoms with Crippen LogP contribution in [-0.2, 0) is 9.59 Å². The van der Waals surface area contributed by atoms with Crippen molar-refractivity contribution in [3.05, 3.63) is 68.7 Å². The van der Waals surface area contributed by atoms with E-state index in [9.17, 15) is 24.5 Å². The Bertz CT molecular complexity index is 1160. The number of amides is 4. The van der Waals surface area contributed by atoms with E-state index in [2.05, 4.69) is 10.6 Å². The summed E-state index contributed by atoms with van der Waals surface area (Å²) in [6, 6.07) is 9.53. The van der Waals surface area contributed by atoms with Crippen LogP contribution in [0.4, 0.5) is 21.9 Å². The highest BCUT2D eigenvalue weighted by Crippen LogP contribution is 2.30. The molecule has 4 amide bonds. The van der Waals surface area contributed by atoms with E-state index < -0.39 is 22.8 Å². The summed E-state index contributed by atoms with van der Waals surface area (Å²) in [6.07, 6.45) is 1.29. The molecule has 2 fully saturated rings. The third-order valence-electron chi connectivity index (χ3n) is 5.24. The maximum Gasteiger partial charge on any atom is 0.335 e. The second kappa shape index (κ2) is 9.99. The van der Waals surface area contributed by atoms with Crippen molar-refractivity contribution in [1.29, 1.82) is 0 Å². The lowest BCUT2D eigenvalue weighted by atomic mass is 10.0. The molecule has 2 aromatic rings. The minimum Gasteiger partial charge on any atom is -1.00 e. The minimum absolute atomic E-state index is 0. The molecule has 0 aromatic heterocycles. The second-order valence-electron chi connectivity index (χ2n) is 7.29. The number of piperazine rings is 1. The molecule has 2 aliphatic heterocycles. The number of nitro benzene ring substituents is 1. The van der Waals surface area contributed by atoms with Gasteiger partial charge in [-0.2, -0.15) is 0 Å². The molecule has 0 aliphatic carbocycles. The number of carbonyl (C=O) groups is 3. The molecule has 2 aromatic carbocycles. The summed E-state index contributed by atoms with van der Waals surface area (Å²) in [5.41, 5.74) is 0.734. The monoisotopic (exact) mass is 491 g/mol. The van der Waals surface area contributed by atoms with E-state index in [-0.39, 0.29) is 29.4 Å². The first kappa shape index (κ1) is 24.2. The zero-order chi connectivity index (χ0) is 22.8. The number of nitro groups is 1. The Hall–Kier alpha value is -3.47. The van der Waals surface area contributed by atoms with E-state index in [0.29, 0.717) is 29.4 Å². The largest absolute Gasteiger partial charge is 1.00 e. The number of urea groups is 1. The number of nitrogens with one attached hydrogen (secondary N) is 1. The normalized spacial score (nSPS) is 17.6. The molecule has 4 rings (SSSR count). The highest BCUT2D eigenvalue weighted by Gasteiger charge is 2.37. The van der Waals surface area contributed by atoms with Gasteiger partial charge in [-0.1, -0.05) is 17.7 Å². The fraction of sp³-hybridized carbons (Fsp3) is 0.190. The number of non-ortho nitro benzene ring substituents is 1. The van der Waals surface area contributed by atoms with Crippen molar-refractivity contribution >= 4 is 52.6 Å². The zero-order valence-electron chi connectivity index (χ0n) is 17.2. The SMILES string of the molecule is O=C1NC(=O)N(c2cccc(Cl)c2)C(=O)/C1=C\c1cc([N+](=O)[O-])ccc1N1CC[NH2+]CC1.[Cl-]. The molecule has 0 saturated carbocycles. The van der Waals surface area contributed by atoms with Crippen molar-refractivity contribution in [2.24, 2.45) is 0 Å². The Morgan fingerprint density at radius 3 is 2.48 bits per heavy atom. The first-order valence-electron chi connectivity index (χ1n) is 9.87. The molecule has 10 nitrogen and oxygen atoms in total. The fourth-order valence-electron chi connectivity index (χ4n) is 3.71. The van der Waals surface area contributed by atoms with Gasteiger partial charge >= 0.3 is 6.03 Å². The summed E-state index contributed by atoms with van der Waals surface area (Å²) < 4.78 is 0. The van der Waals surface area contributed by atoms with Gasteiger partial charge in [-0.3, -0.25) is 25.0 Å². The predicted octanol–water partition coefficient (Wildman–Crippen LogP) is -1.70. The quantitative estimate of drug-likeness (QED) is 0.227. The van der Waals surface area contributed by atoms with Gasteiger partial charge in [-0.15, -0.1) is 0 Å². The van der Waals surface area contributed by atoms with Crippen molar-refractivity contribution in [1.82, 2.24) is 5.32 Å². The van der Waals surface area contributed by atoms with Crippen LogP contribution in [0, 0.1) is 10.1 Å². The molecule has 172 valence electrons. The average Bonchev–Trinajstić information content (AvgIpc) is 2.77. The lowest BCUT2D eigenvalue weighted by Crippen LogP contribution is -3.00. The van der Waals surface area contributed by atoms with Crippen LogP contribution >= 0.6 is 11.6 Å². The molecule has 3 N–H and O–H groups in total. The standard InChI is InChI=1S/C21H18ClN5O5.ClH/c22-14-2-1-3-15(12-14)26-20(29)17(19(28)24-21(26)30)11-13-10-16(27(31)32)4-5-18(13)25-8-6-23-7-9-25;/h1-5,10-12,23H,6-9H2,(H,24,28,30);1H/b17-11-;. The maximum absolute atomic E-state index is 13.1. The number of carbonyl (C=O) groups excluding carboxylic acids is 3. The van der Waals surface area contributed by atoms with Crippen LogP contribution in [-0.4, -0.2) is 48.9 Å². The molecule has 12 heteroatoms. The highest BCUT2D eigenvalue weighted by atomic mass is 35.5. The highest BCUT2D eigenvalue weighted by molar-refractivity contribution is 6.39. The second-order valence-corrected chi connectivity index (χ2v) is 7.73. The van der Waals surface area contributed by atoms with Crippen LogP contribution in [0.5, 0.6) is 0 Å². The number of rotatable bonds is 4. The van der Waals surface area contributed by atoms with Gasteiger partial charge in [0.25, 0.3) is 17.5 Å². The number of halogens is 2. The predicted molar refractivity (Wildman–Crippen MR) is 117 cm³/mol. The molecule has 33 heavy (non-hydrogen) atoms. The molecular weight excluding hydrogens is 473 g/mol. The zero-order valence-corrected chi connectivity index (χ0v) is 18.7. The van der Waals surface area contributed by atoms with Gasteiger partial charge < -0.3 is 22.6 Å². The number of hydrogen-bond donors (Lipinski definition) is 2. The van der Waals surface area contributed by atoms with Crippen molar-refractivity contribution in [2.75, 3.05) is 36.0 Å². The van der Waals surface area contributed by atoms with E-state index in [4.69, 9.17) is 11.6 Å². The maximum atomic E-state index is 13.1. The van der Waals surface area contributed by atoms with E-state index in [1.165, 1.54) is 30.3 Å². The van der Waals surface area contributed by atoms with Gasteiger partial charge in [0.15, 0.2) is 0 Å². The molecular formula is C21H19Cl2N5O5. The molecule has 0 radical (unpaired) electrons. The van der Waals surface area contributed by atoms with Gasteiger partial charge in [0.05, 0.1) is 36.8 Å². The Labute approximate surface area is 199 Å². The number of imide groups is 2. The van der Waals surface area contributed by atoms with Gasteiger partial charge in [-0.25, -0.2) is 9.69 Å². The average molecular weight is 492 g/mol. The Balaban J connectivity index is 0.00000306. The smallest absolute Gasteiger partial charge is 0.335 e. The van der Waals surface area contributed by atoms with Gasteiger partial charge in [0.2, 0.25) is 0 Å². The van der Waals surface area contributed by atoms with Crippen LogP contribution in [0.1, 0.15) is 5.56 Å². The van der Waals surface area contributed by atoms with Crippen LogP contribution in [0.15, 0.2) is 48.0 Å². The van der Waals surface area contributed by atoms with Crippen LogP contribution < -0.4 is 32.8 Å². The van der Waals surface area contributed by atoms with E-state index >= 15 is 0 Å². The lowest BCUT2D eigenvalue weighted by Gasteiger charge is -2.29. The summed E-state index contributed by atoms with van der Waals surface area (Å²) in [7, 11) is 0. The Morgan fingerprint density at radius 1 is 1.09 bits per heavy atom. The summed E-state index contributed by atoms with van der Waals surface area (Å²) in [6.45, 7) is 3.12. The van der Waals surface area contributed by atoms with Crippen molar-refractivity contribution in [2.45, 2.75) is 0 Å². The number of anilines is 2. The Morgan fingerprint density at radius 2 is 1.82 bits per heavy atom. The first-order chi connectivity index (χ1) is 15.3. The number of benzene rings is 2. The summed E-state index contributed by atoms with van der Waals surface area (Å²) >= 11 is 5.99. The molecule has 2 aliphatic rings. The number of nitrogens with two attached hydrogens (primary N) is 1. The topological polar surface area (TPSA) is 129 Å². The summed E-state index contributed by atoms with van der Waals surface area (Å²) in [5.74, 6) is -1.71. The number of barbiturate groups is 1. The number of hydrogen-bond acceptors (Lipinski definition) is 6. The summed E-state index contributed by atoms with van der Waals surface area (Å²) in [4.78, 5) is 51.7. The Kier molecular flexibility index (Phi) is 7.32. The third kappa shape index (κ3) is 4.98. The number of quaternary nitrogens is 1. The summed E-state index contributed by atoms with van der Waals surface area (Å²) in [5, 5.41) is 15.9. The lowest BCUT2D eigenvalue weighted by molar-refractivity contribution is -0.655. The van der Waals surface area contributed by atoms with Crippen molar-refractivity contribution in [3.63, 3.8) is 0 Å². The van der Waals surface area contributed by atoms with Crippen LogP contribution in [0.25, 0.3) is 6.08 Å². The van der Waals surface area contributed by atoms with Gasteiger partial charge in [-0.05, 0) is 30.3 Å². The molecule has 0 unspecified atom stereocenters. The molecule has 2 saturated heterocycles. The van der Waals surface area contributed by atoms with Crippen molar-refractivity contribution < 1.29 is 37.0 Å². The molecule has 0 spiro atoms. The van der Waals surface area contributed by atoms with Crippen LogP contribution in [0.3, 0.4) is 0 Å². The van der Waals surface area contributed by atoms with Gasteiger partial charge in [0, 0.05) is 28.4 Å².